The Kier molecular flexibility index (Phi) is 4.01. The molecule has 7 heteroatoms. The maximum atomic E-state index is 11.4. The summed E-state index contributed by atoms with van der Waals surface area (Å²) < 4.78 is 1.97. The van der Waals surface area contributed by atoms with Gasteiger partial charge in [-0.1, -0.05) is 36.4 Å². The minimum Gasteiger partial charge on any atom is -0.383 e. The van der Waals surface area contributed by atoms with Crippen LogP contribution in [-0.4, -0.2) is 25.7 Å². The highest BCUT2D eigenvalue weighted by atomic mass is 16.1. The molecule has 1 amide bonds. The van der Waals surface area contributed by atoms with Gasteiger partial charge in [-0.15, -0.1) is 0 Å². The number of benzene rings is 2. The molecule has 1 unspecified atom stereocenters. The number of carbonyl (C=O) groups is 1. The zero-order valence-corrected chi connectivity index (χ0v) is 15.7. The zero-order chi connectivity index (χ0) is 20.0. The molecule has 1 atom stereocenters. The number of carbonyl (C=O) groups excluding carboxylic acids is 1. The Bertz CT molecular complexity index is 1230. The van der Waals surface area contributed by atoms with Gasteiger partial charge in [0.2, 0.25) is 5.91 Å². The van der Waals surface area contributed by atoms with Crippen LogP contribution in [0.1, 0.15) is 40.4 Å². The molecule has 0 bridgehead atoms. The predicted molar refractivity (Wildman–Crippen MR) is 111 cm³/mol. The highest BCUT2D eigenvalue weighted by Crippen LogP contribution is 2.37. The smallest absolute Gasteiger partial charge is 0.248 e. The van der Waals surface area contributed by atoms with Crippen LogP contribution in [0.3, 0.4) is 0 Å². The number of nitrogens with two attached hydrogens (primary N) is 2. The van der Waals surface area contributed by atoms with Crippen LogP contribution in [0.25, 0.3) is 22.3 Å². The molecule has 0 radical (unpaired) electrons. The second-order valence-corrected chi connectivity index (χ2v) is 7.30. The van der Waals surface area contributed by atoms with Gasteiger partial charge in [0, 0.05) is 11.1 Å². The largest absolute Gasteiger partial charge is 0.383 e. The molecule has 144 valence electrons. The van der Waals surface area contributed by atoms with Crippen LogP contribution >= 0.6 is 0 Å². The monoisotopic (exact) mass is 384 g/mol. The molecule has 0 fully saturated rings. The first-order valence-electron chi connectivity index (χ1n) is 9.60. The summed E-state index contributed by atoms with van der Waals surface area (Å²) in [4.78, 5) is 20.1. The maximum Gasteiger partial charge on any atom is 0.248 e. The zero-order valence-electron chi connectivity index (χ0n) is 15.7. The van der Waals surface area contributed by atoms with Gasteiger partial charge in [0.1, 0.15) is 17.8 Å². The second-order valence-electron chi connectivity index (χ2n) is 7.30. The van der Waals surface area contributed by atoms with E-state index in [4.69, 9.17) is 16.6 Å². The predicted octanol–water partition coefficient (Wildman–Crippen LogP) is 3.10. The van der Waals surface area contributed by atoms with E-state index in [0.717, 1.165) is 30.2 Å². The first-order valence-corrected chi connectivity index (χ1v) is 9.60. The number of aromatic nitrogens is 4. The maximum absolute atomic E-state index is 11.4. The molecule has 0 aliphatic heterocycles. The molecule has 29 heavy (non-hydrogen) atoms. The van der Waals surface area contributed by atoms with E-state index in [1.807, 2.05) is 16.8 Å². The van der Waals surface area contributed by atoms with Gasteiger partial charge >= 0.3 is 0 Å². The Morgan fingerprint density at radius 2 is 1.86 bits per heavy atom. The van der Waals surface area contributed by atoms with Crippen LogP contribution in [-0.2, 0) is 6.42 Å². The minimum atomic E-state index is -0.464. The number of rotatable bonds is 3. The normalized spacial score (nSPS) is 15.9. The molecular formula is C22H20N6O. The van der Waals surface area contributed by atoms with Crippen molar-refractivity contribution in [3.05, 3.63) is 71.5 Å². The fourth-order valence-electron chi connectivity index (χ4n) is 4.19. The summed E-state index contributed by atoms with van der Waals surface area (Å²) >= 11 is 0. The number of nitrogens with zero attached hydrogens (tertiary/aromatic N) is 4. The molecular weight excluding hydrogens is 364 g/mol. The molecule has 7 nitrogen and oxygen atoms in total. The van der Waals surface area contributed by atoms with Crippen molar-refractivity contribution in [3.63, 3.8) is 0 Å². The third-order valence-corrected chi connectivity index (χ3v) is 5.59. The number of anilines is 1. The summed E-state index contributed by atoms with van der Waals surface area (Å²) in [7, 11) is 0. The highest BCUT2D eigenvalue weighted by molar-refractivity contribution is 5.99. The molecule has 0 saturated carbocycles. The molecule has 2 aromatic heterocycles. The Morgan fingerprint density at radius 3 is 2.66 bits per heavy atom. The van der Waals surface area contributed by atoms with Crippen molar-refractivity contribution in [2.24, 2.45) is 5.73 Å². The van der Waals surface area contributed by atoms with E-state index >= 15 is 0 Å². The van der Waals surface area contributed by atoms with Crippen molar-refractivity contribution in [1.29, 1.82) is 0 Å². The lowest BCUT2D eigenvalue weighted by Gasteiger charge is -2.26. The van der Waals surface area contributed by atoms with Crippen LogP contribution in [0.15, 0.2) is 54.9 Å². The lowest BCUT2D eigenvalue weighted by atomic mass is 9.88. The summed E-state index contributed by atoms with van der Waals surface area (Å²) in [5.41, 5.74) is 16.9. The Hall–Kier alpha value is -3.74. The van der Waals surface area contributed by atoms with Crippen molar-refractivity contribution >= 4 is 22.8 Å². The average molecular weight is 384 g/mol. The lowest BCUT2D eigenvalue weighted by Crippen LogP contribution is -2.18. The van der Waals surface area contributed by atoms with Gasteiger partial charge in [-0.2, -0.15) is 5.10 Å². The number of primary amides is 1. The highest BCUT2D eigenvalue weighted by Gasteiger charge is 2.26. The summed E-state index contributed by atoms with van der Waals surface area (Å²) in [5, 5.41) is 5.66. The van der Waals surface area contributed by atoms with E-state index in [0.29, 0.717) is 22.7 Å². The molecule has 0 saturated heterocycles. The van der Waals surface area contributed by atoms with Crippen molar-refractivity contribution < 1.29 is 4.79 Å². The first-order chi connectivity index (χ1) is 14.1. The fourth-order valence-corrected chi connectivity index (χ4v) is 4.19. The standard InChI is InChI=1S/C22H20N6O/c23-20-18-19(14-8-10-15(11-9-14)21(24)29)27-28(22(18)26-12-25-20)17-7-3-5-13-4-1-2-6-16(13)17/h1-2,4,6,8-12,17H,3,5,7H2,(H2,24,29)(H2,23,25,26). The van der Waals surface area contributed by atoms with Gasteiger partial charge in [0.05, 0.1) is 11.4 Å². The second kappa shape index (κ2) is 6.70. The van der Waals surface area contributed by atoms with E-state index in [1.54, 1.807) is 12.1 Å². The molecule has 1 aliphatic carbocycles. The van der Waals surface area contributed by atoms with Crippen LogP contribution in [0.5, 0.6) is 0 Å². The third kappa shape index (κ3) is 2.82. The van der Waals surface area contributed by atoms with Gasteiger partial charge in [0.25, 0.3) is 0 Å². The third-order valence-electron chi connectivity index (χ3n) is 5.59. The Morgan fingerprint density at radius 1 is 1.07 bits per heavy atom. The molecule has 2 heterocycles. The van der Waals surface area contributed by atoms with Crippen molar-refractivity contribution in [3.8, 4) is 11.3 Å². The Balaban J connectivity index is 1.71. The number of nitrogen functional groups attached to an aromatic ring is 1. The Labute approximate surface area is 167 Å². The number of amides is 1. The number of hydrogen-bond donors (Lipinski definition) is 2. The van der Waals surface area contributed by atoms with E-state index in [2.05, 4.69) is 34.2 Å². The van der Waals surface area contributed by atoms with Crippen LogP contribution < -0.4 is 11.5 Å². The molecule has 4 N–H and O–H groups in total. The van der Waals surface area contributed by atoms with E-state index in [1.165, 1.54) is 17.5 Å². The van der Waals surface area contributed by atoms with Crippen LogP contribution in [0.2, 0.25) is 0 Å². The van der Waals surface area contributed by atoms with E-state index in [9.17, 15) is 4.79 Å². The molecule has 2 aromatic carbocycles. The molecule has 5 rings (SSSR count). The van der Waals surface area contributed by atoms with Gasteiger partial charge in [-0.05, 0) is 42.5 Å². The van der Waals surface area contributed by atoms with Crippen molar-refractivity contribution in [2.75, 3.05) is 5.73 Å². The van der Waals surface area contributed by atoms with E-state index in [-0.39, 0.29) is 6.04 Å². The quantitative estimate of drug-likeness (QED) is 0.563. The molecule has 0 spiro atoms. The summed E-state index contributed by atoms with van der Waals surface area (Å²) in [6, 6.07) is 15.6. The van der Waals surface area contributed by atoms with Gasteiger partial charge in [0.15, 0.2) is 5.65 Å². The van der Waals surface area contributed by atoms with Gasteiger partial charge in [-0.25, -0.2) is 14.6 Å². The van der Waals surface area contributed by atoms with Crippen LogP contribution in [0.4, 0.5) is 5.82 Å². The summed E-state index contributed by atoms with van der Waals surface area (Å²) in [6.07, 6.45) is 4.62. The topological polar surface area (TPSA) is 113 Å². The SMILES string of the molecule is NC(=O)c1ccc(-c2nn(C3CCCc4ccccc43)c3ncnc(N)c23)cc1. The van der Waals surface area contributed by atoms with Crippen LogP contribution in [0, 0.1) is 0 Å². The van der Waals surface area contributed by atoms with E-state index < -0.39 is 5.91 Å². The fraction of sp³-hybridized carbons (Fsp3) is 0.182. The molecule has 1 aliphatic rings. The van der Waals surface area contributed by atoms with Crippen molar-refractivity contribution in [2.45, 2.75) is 25.3 Å². The summed E-state index contributed by atoms with van der Waals surface area (Å²) in [6.45, 7) is 0. The number of hydrogen-bond acceptors (Lipinski definition) is 5. The minimum absolute atomic E-state index is 0.0930. The number of aryl methyl sites for hydroxylation is 1. The van der Waals surface area contributed by atoms with Gasteiger partial charge in [-0.3, -0.25) is 4.79 Å². The first kappa shape index (κ1) is 17.4. The summed E-state index contributed by atoms with van der Waals surface area (Å²) in [5.74, 6) is -0.0760. The molecule has 4 aromatic rings. The average Bonchev–Trinajstić information content (AvgIpc) is 3.14. The van der Waals surface area contributed by atoms with Gasteiger partial charge < -0.3 is 11.5 Å². The number of fused-ring (bicyclic) bond motifs is 2. The lowest BCUT2D eigenvalue weighted by molar-refractivity contribution is 0.100. The van der Waals surface area contributed by atoms with Crippen molar-refractivity contribution in [1.82, 2.24) is 19.7 Å².